The Bertz CT molecular complexity index is 292. The van der Waals surface area contributed by atoms with Crippen molar-refractivity contribution in [1.82, 2.24) is 4.90 Å². The van der Waals surface area contributed by atoms with E-state index in [0.29, 0.717) is 11.5 Å². The Labute approximate surface area is 119 Å². The van der Waals surface area contributed by atoms with Crippen LogP contribution in [0.15, 0.2) is 0 Å². The van der Waals surface area contributed by atoms with Crippen LogP contribution < -0.4 is 5.73 Å². The van der Waals surface area contributed by atoms with Crippen molar-refractivity contribution >= 4 is 23.6 Å². The number of ether oxygens (including phenoxy) is 1. The van der Waals surface area contributed by atoms with Gasteiger partial charge in [-0.15, -0.1) is 11.8 Å². The number of likely N-dealkylation sites (tertiary alicyclic amines) is 1. The zero-order chi connectivity index (χ0) is 14.1. The van der Waals surface area contributed by atoms with E-state index < -0.39 is 12.0 Å². The molecule has 0 aliphatic carbocycles. The molecule has 5 nitrogen and oxygen atoms in total. The van der Waals surface area contributed by atoms with Gasteiger partial charge in [0.15, 0.2) is 0 Å². The Kier molecular flexibility index (Phi) is 7.90. The third-order valence-electron chi connectivity index (χ3n) is 3.24. The van der Waals surface area contributed by atoms with Gasteiger partial charge < -0.3 is 15.4 Å². The number of nitrogens with zero attached hydrogens (tertiary/aromatic N) is 1. The largest absolute Gasteiger partial charge is 0.468 e. The zero-order valence-electron chi connectivity index (χ0n) is 11.6. The van der Waals surface area contributed by atoms with Crippen LogP contribution in [0.5, 0.6) is 0 Å². The van der Waals surface area contributed by atoms with Crippen LogP contribution in [0.3, 0.4) is 0 Å². The number of hydrogen-bond donors (Lipinski definition) is 1. The third-order valence-corrected chi connectivity index (χ3v) is 4.28. The summed E-state index contributed by atoms with van der Waals surface area (Å²) >= 11 is 1.40. The molecule has 0 aromatic heterocycles. The smallest absolute Gasteiger partial charge is 0.323 e. The van der Waals surface area contributed by atoms with E-state index in [1.165, 1.54) is 38.1 Å². The van der Waals surface area contributed by atoms with E-state index in [1.807, 2.05) is 4.90 Å². The van der Waals surface area contributed by atoms with E-state index in [1.54, 1.807) is 0 Å². The molecule has 1 aliphatic heterocycles. The lowest BCUT2D eigenvalue weighted by molar-refractivity contribution is -0.141. The van der Waals surface area contributed by atoms with Gasteiger partial charge in [-0.3, -0.25) is 9.59 Å². The maximum absolute atomic E-state index is 12.0. The molecule has 6 heteroatoms. The molecule has 0 aromatic carbocycles. The van der Waals surface area contributed by atoms with E-state index >= 15 is 0 Å². The van der Waals surface area contributed by atoms with Crippen LogP contribution in [0, 0.1) is 0 Å². The molecule has 0 aromatic rings. The number of nitrogens with two attached hydrogens (primary N) is 1. The summed E-state index contributed by atoms with van der Waals surface area (Å²) in [5.41, 5.74) is 5.62. The van der Waals surface area contributed by atoms with Crippen molar-refractivity contribution in [2.45, 2.75) is 38.1 Å². The molecule has 1 amide bonds. The van der Waals surface area contributed by atoms with E-state index in [9.17, 15) is 9.59 Å². The fourth-order valence-electron chi connectivity index (χ4n) is 2.08. The van der Waals surface area contributed by atoms with Crippen molar-refractivity contribution in [3.8, 4) is 0 Å². The van der Waals surface area contributed by atoms with E-state index in [-0.39, 0.29) is 5.91 Å². The molecular formula is C13H24N2O3S. The predicted molar refractivity (Wildman–Crippen MR) is 77.0 cm³/mol. The Balaban J connectivity index is 2.23. The first kappa shape index (κ1) is 16.3. The quantitative estimate of drug-likeness (QED) is 0.764. The van der Waals surface area contributed by atoms with Crippen molar-refractivity contribution in [1.29, 1.82) is 0 Å². The summed E-state index contributed by atoms with van der Waals surface area (Å²) in [4.78, 5) is 25.1. The molecule has 2 N–H and O–H groups in total. The predicted octanol–water partition coefficient (Wildman–Crippen LogP) is 1.01. The van der Waals surface area contributed by atoms with Gasteiger partial charge in [-0.25, -0.2) is 0 Å². The number of carbonyl (C=O) groups excluding carboxylic acids is 2. The maximum Gasteiger partial charge on any atom is 0.323 e. The van der Waals surface area contributed by atoms with Crippen LogP contribution in [0.4, 0.5) is 0 Å². The van der Waals surface area contributed by atoms with Crippen molar-refractivity contribution in [2.24, 2.45) is 5.73 Å². The minimum Gasteiger partial charge on any atom is -0.468 e. The normalized spacial score (nSPS) is 18.3. The van der Waals surface area contributed by atoms with Crippen LogP contribution in [0.25, 0.3) is 0 Å². The minimum absolute atomic E-state index is 0.156. The number of methoxy groups -OCH3 is 1. The van der Waals surface area contributed by atoms with Crippen LogP contribution in [0.1, 0.15) is 32.1 Å². The Morgan fingerprint density at radius 1 is 1.21 bits per heavy atom. The topological polar surface area (TPSA) is 72.6 Å². The van der Waals surface area contributed by atoms with Gasteiger partial charge in [0.25, 0.3) is 0 Å². The van der Waals surface area contributed by atoms with Gasteiger partial charge in [0.05, 0.1) is 12.9 Å². The number of carbonyl (C=O) groups is 2. The number of thioether (sulfide) groups is 1. The Morgan fingerprint density at radius 2 is 1.79 bits per heavy atom. The van der Waals surface area contributed by atoms with Crippen LogP contribution in [-0.4, -0.2) is 54.5 Å². The number of amides is 1. The highest BCUT2D eigenvalue weighted by Crippen LogP contribution is 2.12. The van der Waals surface area contributed by atoms with E-state index in [0.717, 1.165) is 25.9 Å². The summed E-state index contributed by atoms with van der Waals surface area (Å²) in [6.07, 6.45) is 5.90. The number of hydrogen-bond acceptors (Lipinski definition) is 5. The second kappa shape index (κ2) is 9.20. The van der Waals surface area contributed by atoms with Crippen LogP contribution in [0.2, 0.25) is 0 Å². The van der Waals surface area contributed by atoms with E-state index in [4.69, 9.17) is 5.73 Å². The summed E-state index contributed by atoms with van der Waals surface area (Å²) in [5.74, 6) is 0.548. The first-order valence-electron chi connectivity index (χ1n) is 6.84. The van der Waals surface area contributed by atoms with E-state index in [2.05, 4.69) is 4.74 Å². The molecule has 1 fully saturated rings. The highest BCUT2D eigenvalue weighted by molar-refractivity contribution is 8.00. The minimum atomic E-state index is -0.643. The van der Waals surface area contributed by atoms with Gasteiger partial charge in [0, 0.05) is 18.8 Å². The number of esters is 1. The molecule has 1 rings (SSSR count). The molecule has 0 bridgehead atoms. The second-order valence-electron chi connectivity index (χ2n) is 4.79. The molecule has 0 radical (unpaired) electrons. The third kappa shape index (κ3) is 6.29. The lowest BCUT2D eigenvalue weighted by Crippen LogP contribution is -2.37. The second-order valence-corrected chi connectivity index (χ2v) is 5.82. The monoisotopic (exact) mass is 288 g/mol. The summed E-state index contributed by atoms with van der Waals surface area (Å²) in [7, 11) is 1.32. The first-order valence-corrected chi connectivity index (χ1v) is 7.99. The molecular weight excluding hydrogens is 264 g/mol. The summed E-state index contributed by atoms with van der Waals surface area (Å²) in [5, 5.41) is 0. The highest BCUT2D eigenvalue weighted by atomic mass is 32.2. The fourth-order valence-corrected chi connectivity index (χ4v) is 2.95. The molecule has 19 heavy (non-hydrogen) atoms. The molecule has 1 aliphatic rings. The van der Waals surface area contributed by atoms with Crippen molar-refractivity contribution in [2.75, 3.05) is 31.7 Å². The molecule has 0 saturated carbocycles. The van der Waals surface area contributed by atoms with Gasteiger partial charge in [0.1, 0.15) is 6.04 Å². The Morgan fingerprint density at radius 3 is 2.37 bits per heavy atom. The molecule has 1 saturated heterocycles. The summed E-state index contributed by atoms with van der Waals surface area (Å²) < 4.78 is 4.54. The highest BCUT2D eigenvalue weighted by Gasteiger charge is 2.17. The van der Waals surface area contributed by atoms with Gasteiger partial charge in [-0.05, 0) is 12.8 Å². The zero-order valence-corrected chi connectivity index (χ0v) is 12.4. The average molecular weight is 288 g/mol. The van der Waals surface area contributed by atoms with Crippen LogP contribution in [-0.2, 0) is 14.3 Å². The Hall–Kier alpha value is -0.750. The van der Waals surface area contributed by atoms with Crippen molar-refractivity contribution in [3.63, 3.8) is 0 Å². The fraction of sp³-hybridized carbons (Fsp3) is 0.846. The lowest BCUT2D eigenvalue weighted by atomic mass is 10.1. The first-order chi connectivity index (χ1) is 9.15. The number of rotatable bonds is 5. The molecule has 0 spiro atoms. The van der Waals surface area contributed by atoms with Crippen molar-refractivity contribution < 1.29 is 14.3 Å². The molecule has 1 atom stereocenters. The van der Waals surface area contributed by atoms with Gasteiger partial charge in [-0.2, -0.15) is 0 Å². The average Bonchev–Trinajstić information content (AvgIpc) is 2.37. The summed E-state index contributed by atoms with van der Waals surface area (Å²) in [6.45, 7) is 1.73. The summed E-state index contributed by atoms with van der Waals surface area (Å²) in [6, 6.07) is -0.643. The maximum atomic E-state index is 12.0. The standard InChI is InChI=1S/C13H24N2O3S/c1-18-13(17)11(14)9-19-10-12(16)15-7-5-3-2-4-6-8-15/h11H,2-10,14H2,1H3. The van der Waals surface area contributed by atoms with Crippen molar-refractivity contribution in [3.05, 3.63) is 0 Å². The molecule has 1 heterocycles. The molecule has 110 valence electrons. The van der Waals surface area contributed by atoms with Gasteiger partial charge >= 0.3 is 5.97 Å². The van der Waals surface area contributed by atoms with Gasteiger partial charge in [-0.1, -0.05) is 19.3 Å². The SMILES string of the molecule is COC(=O)C(N)CSCC(=O)N1CCCCCCC1. The lowest BCUT2D eigenvalue weighted by Gasteiger charge is -2.24. The van der Waals surface area contributed by atoms with Gasteiger partial charge in [0.2, 0.25) is 5.91 Å². The van der Waals surface area contributed by atoms with Crippen LogP contribution >= 0.6 is 11.8 Å². The molecule has 1 unspecified atom stereocenters.